The monoisotopic (exact) mass is 176 g/mol. The van der Waals surface area contributed by atoms with Crippen LogP contribution in [0.4, 0.5) is 4.39 Å². The number of nitrogens with zero attached hydrogens (tertiary/aromatic N) is 1. The number of halogens is 2. The number of rotatable bonds is 1. The number of nitrogens with two attached hydrogens (primary N) is 1. The van der Waals surface area contributed by atoms with E-state index in [1.54, 1.807) is 6.92 Å². The van der Waals surface area contributed by atoms with Crippen LogP contribution in [0.1, 0.15) is 18.7 Å². The molecule has 0 bridgehead atoms. The standard InChI is InChI=1S/C7H9FN2.ClH/c1-5(9)7-4-6(8)2-3-10-7;/h2-5H,9H2,1H3;1H/t5-;/m1./s1. The van der Waals surface area contributed by atoms with E-state index in [0.29, 0.717) is 5.69 Å². The van der Waals surface area contributed by atoms with Crippen LogP contribution in [0.25, 0.3) is 0 Å². The van der Waals surface area contributed by atoms with E-state index in [-0.39, 0.29) is 24.3 Å². The van der Waals surface area contributed by atoms with Crippen molar-refractivity contribution in [1.82, 2.24) is 4.98 Å². The first-order chi connectivity index (χ1) is 4.70. The summed E-state index contributed by atoms with van der Waals surface area (Å²) in [7, 11) is 0. The van der Waals surface area contributed by atoms with Gasteiger partial charge in [0.05, 0.1) is 5.69 Å². The summed E-state index contributed by atoms with van der Waals surface area (Å²) < 4.78 is 12.4. The molecule has 0 saturated heterocycles. The summed E-state index contributed by atoms with van der Waals surface area (Å²) in [5, 5.41) is 0. The minimum atomic E-state index is -0.290. The molecule has 0 amide bonds. The van der Waals surface area contributed by atoms with Gasteiger partial charge in [-0.05, 0) is 19.1 Å². The van der Waals surface area contributed by atoms with Crippen LogP contribution in [-0.2, 0) is 0 Å². The van der Waals surface area contributed by atoms with Gasteiger partial charge in [0.25, 0.3) is 0 Å². The zero-order chi connectivity index (χ0) is 7.56. The van der Waals surface area contributed by atoms with Crippen molar-refractivity contribution in [3.8, 4) is 0 Å². The lowest BCUT2D eigenvalue weighted by atomic mass is 10.2. The van der Waals surface area contributed by atoms with Gasteiger partial charge in [-0.3, -0.25) is 4.98 Å². The summed E-state index contributed by atoms with van der Waals surface area (Å²) in [6, 6.07) is 2.44. The van der Waals surface area contributed by atoms with Gasteiger partial charge in [0.15, 0.2) is 0 Å². The van der Waals surface area contributed by atoms with Crippen molar-refractivity contribution in [3.05, 3.63) is 29.8 Å². The molecule has 0 radical (unpaired) electrons. The summed E-state index contributed by atoms with van der Waals surface area (Å²) in [4.78, 5) is 3.87. The van der Waals surface area contributed by atoms with E-state index in [1.165, 1.54) is 18.3 Å². The Hall–Kier alpha value is -0.670. The molecule has 0 spiro atoms. The molecule has 1 heterocycles. The van der Waals surface area contributed by atoms with Gasteiger partial charge in [-0.25, -0.2) is 4.39 Å². The summed E-state index contributed by atoms with van der Waals surface area (Å²) in [5.41, 5.74) is 6.04. The quantitative estimate of drug-likeness (QED) is 0.707. The fourth-order valence-electron chi connectivity index (χ4n) is 0.670. The minimum Gasteiger partial charge on any atom is -0.323 e. The molecule has 1 aromatic heterocycles. The normalized spacial score (nSPS) is 11.9. The number of hydrogen-bond acceptors (Lipinski definition) is 2. The van der Waals surface area contributed by atoms with Crippen LogP contribution < -0.4 is 5.73 Å². The lowest BCUT2D eigenvalue weighted by molar-refractivity contribution is 0.617. The van der Waals surface area contributed by atoms with E-state index in [4.69, 9.17) is 5.73 Å². The van der Waals surface area contributed by atoms with Crippen molar-refractivity contribution in [2.24, 2.45) is 5.73 Å². The second kappa shape index (κ2) is 4.26. The van der Waals surface area contributed by atoms with Crippen molar-refractivity contribution < 1.29 is 4.39 Å². The second-order valence-electron chi connectivity index (χ2n) is 2.19. The smallest absolute Gasteiger partial charge is 0.126 e. The average Bonchev–Trinajstić information content (AvgIpc) is 1.88. The molecule has 0 saturated carbocycles. The molecule has 62 valence electrons. The van der Waals surface area contributed by atoms with Crippen molar-refractivity contribution >= 4 is 12.4 Å². The molecule has 0 aliphatic carbocycles. The maximum absolute atomic E-state index is 12.4. The predicted molar refractivity (Wildman–Crippen MR) is 44.0 cm³/mol. The Labute approximate surface area is 71.0 Å². The number of aromatic nitrogens is 1. The third-order valence-corrected chi connectivity index (χ3v) is 1.21. The van der Waals surface area contributed by atoms with Gasteiger partial charge in [-0.2, -0.15) is 0 Å². The van der Waals surface area contributed by atoms with E-state index >= 15 is 0 Å². The van der Waals surface area contributed by atoms with Crippen LogP contribution in [0, 0.1) is 5.82 Å². The van der Waals surface area contributed by atoms with Crippen molar-refractivity contribution in [2.45, 2.75) is 13.0 Å². The van der Waals surface area contributed by atoms with Crippen molar-refractivity contribution in [3.63, 3.8) is 0 Å². The Morgan fingerprint density at radius 3 is 2.64 bits per heavy atom. The van der Waals surface area contributed by atoms with E-state index in [1.807, 2.05) is 0 Å². The molecule has 0 aromatic carbocycles. The van der Waals surface area contributed by atoms with Crippen LogP contribution in [0.2, 0.25) is 0 Å². The molecular weight excluding hydrogens is 167 g/mol. The minimum absolute atomic E-state index is 0. The lowest BCUT2D eigenvalue weighted by Crippen LogP contribution is -2.07. The third-order valence-electron chi connectivity index (χ3n) is 1.21. The molecule has 4 heteroatoms. The van der Waals surface area contributed by atoms with Gasteiger partial charge in [0.1, 0.15) is 5.82 Å². The molecule has 0 aliphatic rings. The van der Waals surface area contributed by atoms with Crippen LogP contribution >= 0.6 is 12.4 Å². The fraction of sp³-hybridized carbons (Fsp3) is 0.286. The molecule has 0 unspecified atom stereocenters. The van der Waals surface area contributed by atoms with E-state index < -0.39 is 0 Å². The Balaban J connectivity index is 0.000001000. The molecule has 1 atom stereocenters. The van der Waals surface area contributed by atoms with Crippen LogP contribution in [0.15, 0.2) is 18.3 Å². The Kier molecular flexibility index (Phi) is 4.00. The number of pyridine rings is 1. The largest absolute Gasteiger partial charge is 0.323 e. The Morgan fingerprint density at radius 2 is 2.27 bits per heavy atom. The van der Waals surface area contributed by atoms with Gasteiger partial charge in [0, 0.05) is 12.2 Å². The van der Waals surface area contributed by atoms with Crippen LogP contribution in [-0.4, -0.2) is 4.98 Å². The zero-order valence-electron chi connectivity index (χ0n) is 6.12. The first-order valence-corrected chi connectivity index (χ1v) is 3.07. The number of hydrogen-bond donors (Lipinski definition) is 1. The Bertz CT molecular complexity index is 227. The van der Waals surface area contributed by atoms with E-state index in [9.17, 15) is 4.39 Å². The summed E-state index contributed by atoms with van der Waals surface area (Å²) in [6.07, 6.45) is 1.41. The first-order valence-electron chi connectivity index (χ1n) is 3.07. The third kappa shape index (κ3) is 2.82. The van der Waals surface area contributed by atoms with Crippen LogP contribution in [0.5, 0.6) is 0 Å². The summed E-state index contributed by atoms with van der Waals surface area (Å²) in [5.74, 6) is -0.290. The molecule has 1 aromatic rings. The van der Waals surface area contributed by atoms with Crippen molar-refractivity contribution in [1.29, 1.82) is 0 Å². The maximum atomic E-state index is 12.4. The summed E-state index contributed by atoms with van der Waals surface area (Å²) in [6.45, 7) is 1.77. The fourth-order valence-corrected chi connectivity index (χ4v) is 0.670. The Morgan fingerprint density at radius 1 is 1.64 bits per heavy atom. The molecular formula is C7H10ClFN2. The van der Waals surface area contributed by atoms with Gasteiger partial charge < -0.3 is 5.73 Å². The van der Waals surface area contributed by atoms with E-state index in [0.717, 1.165) is 0 Å². The molecule has 11 heavy (non-hydrogen) atoms. The molecule has 0 fully saturated rings. The maximum Gasteiger partial charge on any atom is 0.126 e. The topological polar surface area (TPSA) is 38.9 Å². The second-order valence-corrected chi connectivity index (χ2v) is 2.19. The van der Waals surface area contributed by atoms with Gasteiger partial charge >= 0.3 is 0 Å². The highest BCUT2D eigenvalue weighted by Crippen LogP contribution is 2.06. The highest BCUT2D eigenvalue weighted by atomic mass is 35.5. The first kappa shape index (κ1) is 10.3. The lowest BCUT2D eigenvalue weighted by Gasteiger charge is -2.01. The van der Waals surface area contributed by atoms with Gasteiger partial charge in [-0.1, -0.05) is 0 Å². The average molecular weight is 177 g/mol. The van der Waals surface area contributed by atoms with Crippen LogP contribution in [0.3, 0.4) is 0 Å². The zero-order valence-corrected chi connectivity index (χ0v) is 6.94. The molecule has 0 aliphatic heterocycles. The van der Waals surface area contributed by atoms with Gasteiger partial charge in [0.2, 0.25) is 0 Å². The molecule has 2 nitrogen and oxygen atoms in total. The molecule has 2 N–H and O–H groups in total. The highest BCUT2D eigenvalue weighted by molar-refractivity contribution is 5.85. The van der Waals surface area contributed by atoms with Gasteiger partial charge in [-0.15, -0.1) is 12.4 Å². The highest BCUT2D eigenvalue weighted by Gasteiger charge is 2.00. The van der Waals surface area contributed by atoms with Crippen molar-refractivity contribution in [2.75, 3.05) is 0 Å². The SMILES string of the molecule is C[C@@H](N)c1cc(F)ccn1.Cl. The van der Waals surface area contributed by atoms with E-state index in [2.05, 4.69) is 4.98 Å². The molecule has 1 rings (SSSR count). The predicted octanol–water partition coefficient (Wildman–Crippen LogP) is 1.66. The summed E-state index contributed by atoms with van der Waals surface area (Å²) >= 11 is 0.